The van der Waals surface area contributed by atoms with E-state index in [1.807, 2.05) is 6.07 Å². The third-order valence-electron chi connectivity index (χ3n) is 2.77. The Bertz CT molecular complexity index is 236. The second kappa shape index (κ2) is 3.78. The molecule has 0 bridgehead atoms. The molecule has 0 aromatic rings. The van der Waals surface area contributed by atoms with Crippen molar-refractivity contribution in [1.29, 1.82) is 5.26 Å². The van der Waals surface area contributed by atoms with Gasteiger partial charge in [-0.3, -0.25) is 4.79 Å². The summed E-state index contributed by atoms with van der Waals surface area (Å²) >= 11 is 0. The van der Waals surface area contributed by atoms with Gasteiger partial charge in [-0.1, -0.05) is 13.8 Å². The lowest BCUT2D eigenvalue weighted by atomic mass is 9.80. The maximum absolute atomic E-state index is 11.0. The summed E-state index contributed by atoms with van der Waals surface area (Å²) in [5.74, 6) is 0.0323. The van der Waals surface area contributed by atoms with E-state index in [2.05, 4.69) is 13.8 Å². The highest BCUT2D eigenvalue weighted by molar-refractivity contribution is 5.79. The molecule has 1 amide bonds. The third-order valence-corrected chi connectivity index (χ3v) is 2.77. The van der Waals surface area contributed by atoms with Crippen molar-refractivity contribution in [2.45, 2.75) is 26.7 Å². The number of carbonyl (C=O) groups excluding carboxylic acids is 1. The summed E-state index contributed by atoms with van der Waals surface area (Å²) in [6.07, 6.45) is 2.29. The molecule has 0 heterocycles. The third kappa shape index (κ3) is 2.21. The predicted octanol–water partition coefficient (Wildman–Crippen LogP) is 1.29. The van der Waals surface area contributed by atoms with Gasteiger partial charge in [-0.25, -0.2) is 0 Å². The first-order chi connectivity index (χ1) is 6.07. The Balaban J connectivity index is 2.72. The molecule has 1 fully saturated rings. The average Bonchev–Trinajstić information content (AvgIpc) is 2.80. The zero-order valence-corrected chi connectivity index (χ0v) is 8.16. The molecule has 0 spiro atoms. The fourth-order valence-corrected chi connectivity index (χ4v) is 2.02. The molecule has 2 N–H and O–H groups in total. The summed E-state index contributed by atoms with van der Waals surface area (Å²) in [4.78, 5) is 11.0. The van der Waals surface area contributed by atoms with Gasteiger partial charge >= 0.3 is 0 Å². The van der Waals surface area contributed by atoms with Crippen molar-refractivity contribution in [3.05, 3.63) is 0 Å². The molecule has 0 aliphatic heterocycles. The van der Waals surface area contributed by atoms with Crippen molar-refractivity contribution < 1.29 is 4.79 Å². The zero-order valence-electron chi connectivity index (χ0n) is 8.16. The van der Waals surface area contributed by atoms with Crippen LogP contribution in [-0.4, -0.2) is 5.91 Å². The van der Waals surface area contributed by atoms with Crippen LogP contribution in [0, 0.1) is 35.0 Å². The summed E-state index contributed by atoms with van der Waals surface area (Å²) < 4.78 is 0. The normalized spacial score (nSPS) is 20.8. The van der Waals surface area contributed by atoms with Crippen molar-refractivity contribution in [1.82, 2.24) is 0 Å². The van der Waals surface area contributed by atoms with Crippen LogP contribution in [0.15, 0.2) is 0 Å². The molecule has 1 aliphatic rings. The Morgan fingerprint density at radius 2 is 2.08 bits per heavy atom. The summed E-state index contributed by atoms with van der Waals surface area (Å²) in [5, 5.41) is 8.84. The first-order valence-electron chi connectivity index (χ1n) is 4.76. The fourth-order valence-electron chi connectivity index (χ4n) is 2.02. The Morgan fingerprint density at radius 3 is 2.31 bits per heavy atom. The van der Waals surface area contributed by atoms with Crippen LogP contribution in [-0.2, 0) is 4.79 Å². The van der Waals surface area contributed by atoms with E-state index in [1.54, 1.807) is 0 Å². The zero-order chi connectivity index (χ0) is 10.0. The van der Waals surface area contributed by atoms with Crippen LogP contribution in [0.2, 0.25) is 0 Å². The molecule has 0 saturated heterocycles. The number of primary amides is 1. The fraction of sp³-hybridized carbons (Fsp3) is 0.800. The van der Waals surface area contributed by atoms with Gasteiger partial charge in [0.25, 0.3) is 0 Å². The maximum Gasteiger partial charge on any atom is 0.235 e. The van der Waals surface area contributed by atoms with E-state index in [4.69, 9.17) is 11.0 Å². The number of nitrogens with zero attached hydrogens (tertiary/aromatic N) is 1. The van der Waals surface area contributed by atoms with Gasteiger partial charge in [-0.2, -0.15) is 5.26 Å². The quantitative estimate of drug-likeness (QED) is 0.708. The van der Waals surface area contributed by atoms with Crippen LogP contribution in [0.5, 0.6) is 0 Å². The van der Waals surface area contributed by atoms with Crippen molar-refractivity contribution in [3.63, 3.8) is 0 Å². The first kappa shape index (κ1) is 10.0. The topological polar surface area (TPSA) is 66.9 Å². The highest BCUT2D eigenvalue weighted by Crippen LogP contribution is 2.44. The van der Waals surface area contributed by atoms with E-state index in [0.29, 0.717) is 11.8 Å². The van der Waals surface area contributed by atoms with E-state index < -0.39 is 11.8 Å². The molecular weight excluding hydrogens is 164 g/mol. The van der Waals surface area contributed by atoms with Gasteiger partial charge in [0.1, 0.15) is 5.92 Å². The standard InChI is InChI=1S/C10H16N2O/c1-6(2)9(7-3-4-7)8(5-11)10(12)13/h6-9H,3-4H2,1-2H3,(H2,12,13). The minimum absolute atomic E-state index is 0.169. The number of hydrogen-bond acceptors (Lipinski definition) is 2. The highest BCUT2D eigenvalue weighted by Gasteiger charge is 2.40. The summed E-state index contributed by atoms with van der Waals surface area (Å²) in [5.41, 5.74) is 5.19. The van der Waals surface area contributed by atoms with Gasteiger partial charge in [0, 0.05) is 0 Å². The number of nitrogens with two attached hydrogens (primary N) is 1. The van der Waals surface area contributed by atoms with E-state index in [0.717, 1.165) is 12.8 Å². The minimum atomic E-state index is -0.590. The van der Waals surface area contributed by atoms with Crippen LogP contribution < -0.4 is 5.73 Å². The smallest absolute Gasteiger partial charge is 0.235 e. The second-order valence-corrected chi connectivity index (χ2v) is 4.17. The number of hydrogen-bond donors (Lipinski definition) is 1. The van der Waals surface area contributed by atoms with E-state index >= 15 is 0 Å². The first-order valence-corrected chi connectivity index (χ1v) is 4.76. The predicted molar refractivity (Wildman–Crippen MR) is 49.3 cm³/mol. The Morgan fingerprint density at radius 1 is 1.54 bits per heavy atom. The van der Waals surface area contributed by atoms with E-state index in [1.165, 1.54) is 0 Å². The molecule has 1 saturated carbocycles. The Kier molecular flexibility index (Phi) is 2.92. The van der Waals surface area contributed by atoms with Crippen molar-refractivity contribution in [2.75, 3.05) is 0 Å². The van der Waals surface area contributed by atoms with Crippen molar-refractivity contribution in [3.8, 4) is 6.07 Å². The number of nitriles is 1. The lowest BCUT2D eigenvalue weighted by Gasteiger charge is -2.22. The van der Waals surface area contributed by atoms with Gasteiger partial charge < -0.3 is 5.73 Å². The second-order valence-electron chi connectivity index (χ2n) is 4.17. The highest BCUT2D eigenvalue weighted by atomic mass is 16.1. The molecule has 3 heteroatoms. The SMILES string of the molecule is CC(C)C(C1CC1)C(C#N)C(N)=O. The van der Waals surface area contributed by atoms with Crippen LogP contribution in [0.25, 0.3) is 0 Å². The molecule has 3 nitrogen and oxygen atoms in total. The molecule has 0 aromatic heterocycles. The number of amides is 1. The van der Waals surface area contributed by atoms with Crippen molar-refractivity contribution >= 4 is 5.91 Å². The maximum atomic E-state index is 11.0. The molecule has 0 aromatic carbocycles. The summed E-state index contributed by atoms with van der Waals surface area (Å²) in [6.45, 7) is 4.10. The van der Waals surface area contributed by atoms with E-state index in [-0.39, 0.29) is 5.92 Å². The van der Waals surface area contributed by atoms with Crippen LogP contribution in [0.3, 0.4) is 0 Å². The molecular formula is C10H16N2O. The number of rotatable bonds is 4. The minimum Gasteiger partial charge on any atom is -0.369 e. The Hall–Kier alpha value is -1.04. The molecule has 2 atom stereocenters. The van der Waals surface area contributed by atoms with Crippen LogP contribution >= 0.6 is 0 Å². The molecule has 1 aliphatic carbocycles. The molecule has 1 rings (SSSR count). The molecule has 13 heavy (non-hydrogen) atoms. The molecule has 72 valence electrons. The molecule has 2 unspecified atom stereocenters. The van der Waals surface area contributed by atoms with Crippen LogP contribution in [0.1, 0.15) is 26.7 Å². The van der Waals surface area contributed by atoms with Gasteiger partial charge in [0.15, 0.2) is 0 Å². The van der Waals surface area contributed by atoms with Crippen molar-refractivity contribution in [2.24, 2.45) is 29.4 Å². The van der Waals surface area contributed by atoms with Gasteiger partial charge in [0.05, 0.1) is 6.07 Å². The monoisotopic (exact) mass is 180 g/mol. The van der Waals surface area contributed by atoms with E-state index in [9.17, 15) is 4.79 Å². The molecule has 0 radical (unpaired) electrons. The van der Waals surface area contributed by atoms with Gasteiger partial charge in [0.2, 0.25) is 5.91 Å². The van der Waals surface area contributed by atoms with Gasteiger partial charge in [-0.15, -0.1) is 0 Å². The largest absolute Gasteiger partial charge is 0.369 e. The summed E-state index contributed by atoms with van der Waals surface area (Å²) in [6, 6.07) is 2.03. The van der Waals surface area contributed by atoms with Crippen LogP contribution in [0.4, 0.5) is 0 Å². The lowest BCUT2D eigenvalue weighted by Crippen LogP contribution is -2.32. The Labute approximate surface area is 78.9 Å². The average molecular weight is 180 g/mol. The summed E-state index contributed by atoms with van der Waals surface area (Å²) in [7, 11) is 0. The number of carbonyl (C=O) groups is 1. The van der Waals surface area contributed by atoms with Gasteiger partial charge in [-0.05, 0) is 30.6 Å². The lowest BCUT2D eigenvalue weighted by molar-refractivity contribution is -0.122.